The third-order valence-corrected chi connectivity index (χ3v) is 6.87. The first-order valence-corrected chi connectivity index (χ1v) is 11.3. The van der Waals surface area contributed by atoms with Crippen LogP contribution in [-0.2, 0) is 4.79 Å². The molecule has 0 atom stereocenters. The molecule has 0 spiro atoms. The predicted molar refractivity (Wildman–Crippen MR) is 128 cm³/mol. The number of phenols is 1. The van der Waals surface area contributed by atoms with Crippen LogP contribution in [0, 0.1) is 5.82 Å². The van der Waals surface area contributed by atoms with Crippen molar-refractivity contribution >= 4 is 60.9 Å². The number of nitrogen functional groups attached to an aromatic ring is 1. The normalized spacial score (nSPS) is 14.2. The smallest absolute Gasteiger partial charge is 0.246 e. The second kappa shape index (κ2) is 8.13. The van der Waals surface area contributed by atoms with E-state index in [1.807, 2.05) is 4.90 Å². The fraction of sp³-hybridized carbons (Fsp3) is 0.182. The number of thiazole rings is 1. The van der Waals surface area contributed by atoms with Gasteiger partial charge in [0.05, 0.1) is 15.2 Å². The van der Waals surface area contributed by atoms with Crippen LogP contribution in [0.15, 0.2) is 37.2 Å². The number of aromatic hydroxyl groups is 1. The molecule has 11 heteroatoms. The van der Waals surface area contributed by atoms with E-state index >= 15 is 0 Å². The van der Waals surface area contributed by atoms with Crippen LogP contribution in [0.5, 0.6) is 5.75 Å². The van der Waals surface area contributed by atoms with Crippen LogP contribution >= 0.6 is 22.9 Å². The maximum atomic E-state index is 14.3. The molecular formula is C22H18ClFN6O2S. The Hall–Kier alpha value is -3.50. The number of amides is 1. The summed E-state index contributed by atoms with van der Waals surface area (Å²) in [6.07, 6.45) is 2.68. The van der Waals surface area contributed by atoms with Crippen molar-refractivity contribution in [2.24, 2.45) is 0 Å². The number of aromatic nitrogens is 3. The number of fused-ring (bicyclic) bond motifs is 2. The van der Waals surface area contributed by atoms with Crippen LogP contribution in [0.25, 0.3) is 32.2 Å². The van der Waals surface area contributed by atoms with E-state index in [-0.39, 0.29) is 26.5 Å². The summed E-state index contributed by atoms with van der Waals surface area (Å²) in [4.78, 5) is 28.5. The Morgan fingerprint density at radius 1 is 1.24 bits per heavy atom. The number of phenolic OH excluding ortho intramolecular Hbond substituents is 1. The zero-order valence-corrected chi connectivity index (χ0v) is 18.8. The lowest BCUT2D eigenvalue weighted by molar-refractivity contribution is -0.126. The average molecular weight is 485 g/mol. The number of anilines is 2. The number of piperazine rings is 1. The van der Waals surface area contributed by atoms with Gasteiger partial charge in [0.15, 0.2) is 10.9 Å². The first kappa shape index (κ1) is 21.4. The molecule has 1 saturated heterocycles. The molecule has 33 heavy (non-hydrogen) atoms. The van der Waals surface area contributed by atoms with E-state index in [9.17, 15) is 14.3 Å². The lowest BCUT2D eigenvalue weighted by atomic mass is 10.0. The van der Waals surface area contributed by atoms with E-state index in [0.717, 1.165) is 11.3 Å². The van der Waals surface area contributed by atoms with Crippen molar-refractivity contribution in [1.82, 2.24) is 19.9 Å². The minimum Gasteiger partial charge on any atom is -0.505 e. The van der Waals surface area contributed by atoms with E-state index in [4.69, 9.17) is 17.3 Å². The minimum atomic E-state index is -0.446. The molecule has 0 aliphatic carbocycles. The van der Waals surface area contributed by atoms with Crippen molar-refractivity contribution in [3.8, 4) is 16.9 Å². The number of benzene rings is 2. The Morgan fingerprint density at radius 3 is 2.73 bits per heavy atom. The molecule has 1 amide bonds. The maximum absolute atomic E-state index is 14.3. The molecule has 0 bridgehead atoms. The quantitative estimate of drug-likeness (QED) is 0.425. The van der Waals surface area contributed by atoms with E-state index < -0.39 is 5.82 Å². The van der Waals surface area contributed by atoms with Gasteiger partial charge >= 0.3 is 0 Å². The average Bonchev–Trinajstić information content (AvgIpc) is 3.22. The van der Waals surface area contributed by atoms with Crippen molar-refractivity contribution in [2.45, 2.75) is 0 Å². The third-order valence-electron chi connectivity index (χ3n) is 5.68. The zero-order valence-electron chi connectivity index (χ0n) is 17.3. The molecule has 168 valence electrons. The molecule has 2 aromatic heterocycles. The number of nitrogens with two attached hydrogens (primary N) is 1. The highest BCUT2D eigenvalue weighted by Gasteiger charge is 2.25. The van der Waals surface area contributed by atoms with E-state index in [0.29, 0.717) is 59.5 Å². The van der Waals surface area contributed by atoms with Gasteiger partial charge in [-0.2, -0.15) is 0 Å². The molecule has 3 N–H and O–H groups in total. The fourth-order valence-corrected chi connectivity index (χ4v) is 5.17. The molecule has 1 fully saturated rings. The summed E-state index contributed by atoms with van der Waals surface area (Å²) in [5, 5.41) is 12.2. The highest BCUT2D eigenvalue weighted by Crippen LogP contribution is 2.45. The van der Waals surface area contributed by atoms with Crippen molar-refractivity contribution < 1.29 is 14.3 Å². The first-order valence-electron chi connectivity index (χ1n) is 10.1. The predicted octanol–water partition coefficient (Wildman–Crippen LogP) is 3.82. The van der Waals surface area contributed by atoms with Gasteiger partial charge in [0.25, 0.3) is 0 Å². The van der Waals surface area contributed by atoms with Crippen LogP contribution in [0.1, 0.15) is 0 Å². The molecule has 0 unspecified atom stereocenters. The zero-order chi connectivity index (χ0) is 23.3. The first-order chi connectivity index (χ1) is 15.9. The number of nitrogens with zero attached hydrogens (tertiary/aromatic N) is 5. The van der Waals surface area contributed by atoms with Gasteiger partial charge in [-0.25, -0.2) is 19.3 Å². The Kier molecular flexibility index (Phi) is 5.26. The summed E-state index contributed by atoms with van der Waals surface area (Å²) in [5.74, 6) is -0.100. The molecule has 5 rings (SSSR count). The monoisotopic (exact) mass is 484 g/mol. The number of carbonyl (C=O) groups excluding carboxylic acids is 1. The van der Waals surface area contributed by atoms with Gasteiger partial charge in [0.1, 0.15) is 23.5 Å². The molecular weight excluding hydrogens is 467 g/mol. The van der Waals surface area contributed by atoms with Gasteiger partial charge in [-0.15, -0.1) is 0 Å². The Morgan fingerprint density at radius 2 is 2.00 bits per heavy atom. The molecule has 0 saturated carbocycles. The van der Waals surface area contributed by atoms with Crippen molar-refractivity contribution in [3.05, 3.63) is 48.0 Å². The lowest BCUT2D eigenvalue weighted by Crippen LogP contribution is -2.48. The van der Waals surface area contributed by atoms with Crippen LogP contribution in [0.2, 0.25) is 5.02 Å². The highest BCUT2D eigenvalue weighted by atomic mass is 35.5. The SMILES string of the molecule is C=CC(=O)N1CCN(c2ncnc3c(O)c(-c4ccc(F)c5sc(N)nc45)c(Cl)cc23)CC1. The number of hydrogen-bond acceptors (Lipinski definition) is 8. The highest BCUT2D eigenvalue weighted by molar-refractivity contribution is 7.22. The molecule has 0 radical (unpaired) electrons. The van der Waals surface area contributed by atoms with Gasteiger partial charge in [0, 0.05) is 42.7 Å². The van der Waals surface area contributed by atoms with Gasteiger partial charge in [-0.05, 0) is 24.3 Å². The van der Waals surface area contributed by atoms with Crippen LogP contribution in [-0.4, -0.2) is 57.0 Å². The summed E-state index contributed by atoms with van der Waals surface area (Å²) in [5.41, 5.74) is 7.19. The summed E-state index contributed by atoms with van der Waals surface area (Å²) in [7, 11) is 0. The van der Waals surface area contributed by atoms with Crippen molar-refractivity contribution in [1.29, 1.82) is 0 Å². The number of hydrogen-bond donors (Lipinski definition) is 2. The summed E-state index contributed by atoms with van der Waals surface area (Å²) in [6.45, 7) is 5.69. The van der Waals surface area contributed by atoms with Crippen LogP contribution in [0.3, 0.4) is 0 Å². The second-order valence-electron chi connectivity index (χ2n) is 7.52. The number of halogens is 2. The lowest BCUT2D eigenvalue weighted by Gasteiger charge is -2.35. The van der Waals surface area contributed by atoms with Crippen LogP contribution in [0.4, 0.5) is 15.3 Å². The minimum absolute atomic E-state index is 0.110. The largest absolute Gasteiger partial charge is 0.505 e. The topological polar surface area (TPSA) is 108 Å². The van der Waals surface area contributed by atoms with Crippen LogP contribution < -0.4 is 10.6 Å². The standard InChI is InChI=1S/C22H18ClFN6O2S/c1-2-15(31)29-5-7-30(8-6-29)21-12-9-13(23)16(19(32)17(12)26-10-27-21)11-3-4-14(24)20-18(11)28-22(25)33-20/h2-4,9-10,32H,1,5-8H2,(H2,25,28). The van der Waals surface area contributed by atoms with E-state index in [1.165, 1.54) is 24.5 Å². The fourth-order valence-electron chi connectivity index (χ4n) is 4.11. The van der Waals surface area contributed by atoms with E-state index in [2.05, 4.69) is 21.5 Å². The Balaban J connectivity index is 1.61. The molecule has 8 nitrogen and oxygen atoms in total. The molecule has 1 aliphatic rings. The van der Waals surface area contributed by atoms with Gasteiger partial charge in [-0.1, -0.05) is 29.5 Å². The van der Waals surface area contributed by atoms with Gasteiger partial charge < -0.3 is 20.6 Å². The second-order valence-corrected chi connectivity index (χ2v) is 8.95. The summed E-state index contributed by atoms with van der Waals surface area (Å²) < 4.78 is 14.6. The number of carbonyl (C=O) groups is 1. The Labute approximate surface area is 196 Å². The Bertz CT molecular complexity index is 1430. The molecule has 1 aliphatic heterocycles. The van der Waals surface area contributed by atoms with Gasteiger partial charge in [-0.3, -0.25) is 4.79 Å². The molecule has 4 aromatic rings. The number of rotatable bonds is 3. The van der Waals surface area contributed by atoms with E-state index in [1.54, 1.807) is 11.0 Å². The maximum Gasteiger partial charge on any atom is 0.246 e. The summed E-state index contributed by atoms with van der Waals surface area (Å²) >= 11 is 7.67. The van der Waals surface area contributed by atoms with Gasteiger partial charge in [0.2, 0.25) is 5.91 Å². The summed E-state index contributed by atoms with van der Waals surface area (Å²) in [6, 6.07) is 4.50. The van der Waals surface area contributed by atoms with Crippen molar-refractivity contribution in [3.63, 3.8) is 0 Å². The molecule has 3 heterocycles. The van der Waals surface area contributed by atoms with Crippen molar-refractivity contribution in [2.75, 3.05) is 36.8 Å². The molecule has 2 aromatic carbocycles. The third kappa shape index (κ3) is 3.51.